The van der Waals surface area contributed by atoms with E-state index in [1.807, 2.05) is 12.1 Å². The van der Waals surface area contributed by atoms with Crippen molar-refractivity contribution in [3.63, 3.8) is 0 Å². The standard InChI is InChI=1S/C40H46N4O6/c45-27-7-5-23-17-29-39(47)11-9-25(35-37(39,31(23)33(27)49-35)13-15-43(29)19-21-1-2-21)41-42-26-10-12-40(48)30-18-24-6-8-28(46)34-32(24)38(40,36(26)50-34)14-16-44(30)20-22-3-4-22/h5-10,21-22,29-30,35-36,41-42,45-48H,1-4,11-20H2/t29-,30-,35+,36+,37+,38+,39-,40-/m1/s1. The summed E-state index contributed by atoms with van der Waals surface area (Å²) in [5.41, 5.74) is 9.73. The summed E-state index contributed by atoms with van der Waals surface area (Å²) in [5.74, 6) is 2.74. The van der Waals surface area contributed by atoms with Crippen molar-refractivity contribution in [2.45, 2.75) is 111 Å². The van der Waals surface area contributed by atoms with E-state index in [1.54, 1.807) is 12.1 Å². The van der Waals surface area contributed by atoms with Gasteiger partial charge in [0.25, 0.3) is 0 Å². The third-order valence-corrected chi connectivity index (χ3v) is 15.2. The van der Waals surface area contributed by atoms with Gasteiger partial charge >= 0.3 is 0 Å². The molecule has 2 saturated carbocycles. The average Bonchev–Trinajstić information content (AvgIpc) is 4.03. The second kappa shape index (κ2) is 9.31. The number of benzene rings is 2. The quantitative estimate of drug-likeness (QED) is 0.243. The molecule has 0 amide bonds. The summed E-state index contributed by atoms with van der Waals surface area (Å²) >= 11 is 0. The number of phenolic OH excluding ortho intramolecular Hbond substituents is 2. The molecule has 2 aromatic rings. The number of hydrogen-bond donors (Lipinski definition) is 6. The first-order chi connectivity index (χ1) is 24.2. The number of phenols is 2. The Hall–Kier alpha value is -3.44. The predicted molar refractivity (Wildman–Crippen MR) is 183 cm³/mol. The van der Waals surface area contributed by atoms with Crippen molar-refractivity contribution < 1.29 is 29.9 Å². The van der Waals surface area contributed by atoms with E-state index in [9.17, 15) is 20.4 Å². The molecule has 4 fully saturated rings. The smallest absolute Gasteiger partial charge is 0.166 e. The van der Waals surface area contributed by atoms with E-state index in [2.05, 4.69) is 32.8 Å². The Morgan fingerprint density at radius 1 is 0.660 bits per heavy atom. The number of piperidine rings is 2. The zero-order valence-electron chi connectivity index (χ0n) is 28.3. The highest BCUT2D eigenvalue weighted by atomic mass is 16.5. The average molecular weight is 679 g/mol. The molecule has 10 nitrogen and oxygen atoms in total. The Labute approximate surface area is 291 Å². The first-order valence-corrected chi connectivity index (χ1v) is 19.1. The van der Waals surface area contributed by atoms with Crippen LogP contribution >= 0.6 is 0 Å². The van der Waals surface area contributed by atoms with Crippen molar-refractivity contribution in [3.8, 4) is 23.0 Å². The highest BCUT2D eigenvalue weighted by molar-refractivity contribution is 5.65. The summed E-state index contributed by atoms with van der Waals surface area (Å²) in [7, 11) is 0. The largest absolute Gasteiger partial charge is 0.504 e. The maximum absolute atomic E-state index is 12.9. The SMILES string of the molecule is Oc1ccc2c3c1O[C@H]1C(NNC4=CC[C@@]5(O)[C@H]6Cc7ccc(O)c8c7[C@@]5(CCN6CC5CC5)[C@H]4O8)=CC[C@@]4(O)[C@@H](C2)N(CC2CC2)CC[C@]314. The van der Waals surface area contributed by atoms with E-state index in [0.717, 1.165) is 86.2 Å². The molecular weight excluding hydrogens is 632 g/mol. The molecule has 0 unspecified atom stereocenters. The fourth-order valence-electron chi connectivity index (χ4n) is 12.6. The molecular formula is C40H46N4O6. The lowest BCUT2D eigenvalue weighted by atomic mass is 9.50. The van der Waals surface area contributed by atoms with Crippen molar-refractivity contribution >= 4 is 0 Å². The van der Waals surface area contributed by atoms with Gasteiger partial charge in [0, 0.05) is 36.3 Å². The van der Waals surface area contributed by atoms with E-state index in [4.69, 9.17) is 9.47 Å². The molecule has 0 radical (unpaired) electrons. The monoisotopic (exact) mass is 678 g/mol. The fraction of sp³-hybridized carbons (Fsp3) is 0.600. The minimum absolute atomic E-state index is 0.00757. The number of nitrogens with zero attached hydrogens (tertiary/aromatic N) is 2. The van der Waals surface area contributed by atoms with Crippen LogP contribution in [-0.4, -0.2) is 91.9 Å². The molecule has 10 aliphatic rings. The van der Waals surface area contributed by atoms with Crippen LogP contribution in [0.1, 0.15) is 73.6 Å². The van der Waals surface area contributed by atoms with Crippen molar-refractivity contribution in [2.75, 3.05) is 26.2 Å². The van der Waals surface area contributed by atoms with Crippen molar-refractivity contribution in [1.29, 1.82) is 0 Å². The van der Waals surface area contributed by atoms with Crippen LogP contribution in [0, 0.1) is 11.8 Å². The summed E-state index contributed by atoms with van der Waals surface area (Å²) in [6, 6.07) is 7.57. The first kappa shape index (κ1) is 29.2. The molecule has 262 valence electrons. The van der Waals surface area contributed by atoms with Gasteiger partial charge in [0.15, 0.2) is 35.2 Å². The maximum Gasteiger partial charge on any atom is 0.166 e. The normalized spacial score (nSPS) is 41.3. The molecule has 50 heavy (non-hydrogen) atoms. The number of ether oxygens (including phenoxy) is 2. The molecule has 2 spiro atoms. The van der Waals surface area contributed by atoms with Gasteiger partial charge in [0.1, 0.15) is 0 Å². The maximum atomic E-state index is 12.9. The number of aromatic hydroxyl groups is 2. The molecule has 2 saturated heterocycles. The molecule has 2 aromatic carbocycles. The van der Waals surface area contributed by atoms with Crippen LogP contribution in [0.4, 0.5) is 0 Å². The molecule has 4 heterocycles. The van der Waals surface area contributed by atoms with Gasteiger partial charge in [-0.25, -0.2) is 0 Å². The molecule has 0 aromatic heterocycles. The second-order valence-corrected chi connectivity index (χ2v) is 17.5. The number of aliphatic hydroxyl groups is 2. The Bertz CT molecular complexity index is 1800. The number of hydrogen-bond acceptors (Lipinski definition) is 10. The summed E-state index contributed by atoms with van der Waals surface area (Å²) in [6.07, 6.45) is 12.3. The van der Waals surface area contributed by atoms with Crippen LogP contribution in [-0.2, 0) is 23.7 Å². The van der Waals surface area contributed by atoms with Crippen LogP contribution in [0.2, 0.25) is 0 Å². The van der Waals surface area contributed by atoms with Crippen molar-refractivity contribution in [3.05, 3.63) is 70.1 Å². The van der Waals surface area contributed by atoms with E-state index in [1.165, 1.54) is 36.8 Å². The van der Waals surface area contributed by atoms with Crippen LogP contribution in [0.25, 0.3) is 0 Å². The van der Waals surface area contributed by atoms with Gasteiger partial charge in [-0.3, -0.25) is 9.80 Å². The molecule has 6 N–H and O–H groups in total. The fourth-order valence-corrected chi connectivity index (χ4v) is 12.6. The highest BCUT2D eigenvalue weighted by Crippen LogP contribution is 2.67. The molecule has 12 rings (SSSR count). The van der Waals surface area contributed by atoms with Crippen LogP contribution in [0.15, 0.2) is 47.8 Å². The van der Waals surface area contributed by atoms with Crippen LogP contribution in [0.3, 0.4) is 0 Å². The van der Waals surface area contributed by atoms with Gasteiger partial charge in [-0.05, 0) is 112 Å². The van der Waals surface area contributed by atoms with Crippen molar-refractivity contribution in [1.82, 2.24) is 20.7 Å². The van der Waals surface area contributed by atoms with E-state index in [-0.39, 0.29) is 23.6 Å². The Morgan fingerprint density at radius 3 is 1.52 bits per heavy atom. The van der Waals surface area contributed by atoms with Crippen LogP contribution < -0.4 is 20.3 Å². The molecule has 6 aliphatic carbocycles. The third kappa shape index (κ3) is 3.32. The number of hydrazine groups is 1. The van der Waals surface area contributed by atoms with E-state index in [0.29, 0.717) is 24.3 Å². The van der Waals surface area contributed by atoms with Gasteiger partial charge in [0.05, 0.1) is 33.4 Å². The Balaban J connectivity index is 0.904. The molecule has 10 heteroatoms. The highest BCUT2D eigenvalue weighted by Gasteiger charge is 2.74. The number of likely N-dealkylation sites (tertiary alicyclic amines) is 2. The second-order valence-electron chi connectivity index (χ2n) is 17.5. The lowest BCUT2D eigenvalue weighted by molar-refractivity contribution is -0.166. The van der Waals surface area contributed by atoms with Crippen LogP contribution in [0.5, 0.6) is 23.0 Å². The molecule has 4 aliphatic heterocycles. The lowest BCUT2D eigenvalue weighted by Crippen LogP contribution is -2.76. The lowest BCUT2D eigenvalue weighted by Gasteiger charge is -2.63. The van der Waals surface area contributed by atoms with Gasteiger partial charge in [-0.2, -0.15) is 0 Å². The number of nitrogens with one attached hydrogen (secondary N) is 2. The van der Waals surface area contributed by atoms with Gasteiger partial charge in [0.2, 0.25) is 0 Å². The minimum Gasteiger partial charge on any atom is -0.504 e. The Kier molecular flexibility index (Phi) is 5.43. The zero-order chi connectivity index (χ0) is 33.4. The number of rotatable bonds is 7. The first-order valence-electron chi connectivity index (χ1n) is 19.1. The Morgan fingerprint density at radius 2 is 1.10 bits per heavy atom. The summed E-state index contributed by atoms with van der Waals surface area (Å²) in [4.78, 5) is 5.08. The molecule has 8 atom stereocenters. The summed E-state index contributed by atoms with van der Waals surface area (Å²) in [6.45, 7) is 3.86. The van der Waals surface area contributed by atoms with Gasteiger partial charge in [-0.1, -0.05) is 24.3 Å². The third-order valence-electron chi connectivity index (χ3n) is 15.2. The minimum atomic E-state index is -1.02. The molecule has 4 bridgehead atoms. The summed E-state index contributed by atoms with van der Waals surface area (Å²) in [5, 5.41) is 47.9. The topological polar surface area (TPSA) is 130 Å². The predicted octanol–water partition coefficient (Wildman–Crippen LogP) is 3.01. The summed E-state index contributed by atoms with van der Waals surface area (Å²) < 4.78 is 13.5. The zero-order valence-corrected chi connectivity index (χ0v) is 28.3. The van der Waals surface area contributed by atoms with Gasteiger partial charge < -0.3 is 40.8 Å². The van der Waals surface area contributed by atoms with E-state index < -0.39 is 34.2 Å². The van der Waals surface area contributed by atoms with E-state index >= 15 is 0 Å². The van der Waals surface area contributed by atoms with Gasteiger partial charge in [-0.15, -0.1) is 0 Å². The van der Waals surface area contributed by atoms with Crippen molar-refractivity contribution in [2.24, 2.45) is 11.8 Å².